The number of hydrogen-bond acceptors (Lipinski definition) is 2. The van der Waals surface area contributed by atoms with E-state index in [-0.39, 0.29) is 18.4 Å². The lowest BCUT2D eigenvalue weighted by Gasteiger charge is -2.24. The quantitative estimate of drug-likeness (QED) is 0.536. The predicted octanol–water partition coefficient (Wildman–Crippen LogP) is -0.00930. The maximum absolute atomic E-state index is 11.0. The molecule has 0 radical (unpaired) electrons. The van der Waals surface area contributed by atoms with Crippen molar-refractivity contribution < 1.29 is 9.59 Å². The van der Waals surface area contributed by atoms with Gasteiger partial charge in [-0.3, -0.25) is 4.79 Å². The van der Waals surface area contributed by atoms with E-state index in [4.69, 9.17) is 0 Å². The van der Waals surface area contributed by atoms with Crippen LogP contribution in [0.2, 0.25) is 0 Å². The molecule has 0 saturated carbocycles. The van der Waals surface area contributed by atoms with E-state index in [9.17, 15) is 9.59 Å². The molecule has 1 aliphatic heterocycles. The van der Waals surface area contributed by atoms with E-state index in [2.05, 4.69) is 5.32 Å². The van der Waals surface area contributed by atoms with Crippen LogP contribution < -0.4 is 5.32 Å². The summed E-state index contributed by atoms with van der Waals surface area (Å²) in [4.78, 5) is 23.4. The van der Waals surface area contributed by atoms with E-state index in [1.54, 1.807) is 7.05 Å². The number of hydrogen-bond donors (Lipinski definition) is 1. The van der Waals surface area contributed by atoms with Crippen molar-refractivity contribution in [2.24, 2.45) is 0 Å². The Hall–Kier alpha value is -1.06. The van der Waals surface area contributed by atoms with Crippen molar-refractivity contribution in [3.8, 4) is 0 Å². The standard InChI is InChI=1S/C7H12N2O2/c1-8-7(11)9-4-2-3-6(10)5-9/h2-5H2,1H3,(H,8,11). The molecular weight excluding hydrogens is 144 g/mol. The normalized spacial score (nSPS) is 18.3. The van der Waals surface area contributed by atoms with Gasteiger partial charge in [0.1, 0.15) is 0 Å². The molecule has 0 unspecified atom stereocenters. The molecule has 0 atom stereocenters. The van der Waals surface area contributed by atoms with Gasteiger partial charge in [0.15, 0.2) is 5.78 Å². The van der Waals surface area contributed by atoms with Gasteiger partial charge in [-0.25, -0.2) is 4.79 Å². The van der Waals surface area contributed by atoms with Gasteiger partial charge in [-0.1, -0.05) is 0 Å². The lowest BCUT2D eigenvalue weighted by molar-refractivity contribution is -0.121. The van der Waals surface area contributed by atoms with Crippen molar-refractivity contribution in [1.82, 2.24) is 10.2 Å². The third-order valence-electron chi connectivity index (χ3n) is 1.75. The summed E-state index contributed by atoms with van der Waals surface area (Å²) in [6.45, 7) is 0.977. The Morgan fingerprint density at radius 2 is 2.36 bits per heavy atom. The predicted molar refractivity (Wildman–Crippen MR) is 40.3 cm³/mol. The van der Waals surface area contributed by atoms with Crippen molar-refractivity contribution >= 4 is 11.8 Å². The molecule has 1 heterocycles. The number of urea groups is 1. The van der Waals surface area contributed by atoms with Crippen LogP contribution in [0.4, 0.5) is 4.79 Å². The van der Waals surface area contributed by atoms with Gasteiger partial charge < -0.3 is 10.2 Å². The van der Waals surface area contributed by atoms with E-state index in [0.29, 0.717) is 13.0 Å². The fourth-order valence-electron chi connectivity index (χ4n) is 1.17. The van der Waals surface area contributed by atoms with E-state index in [1.165, 1.54) is 4.90 Å². The van der Waals surface area contributed by atoms with Crippen LogP contribution in [0.1, 0.15) is 12.8 Å². The lowest BCUT2D eigenvalue weighted by Crippen LogP contribution is -2.44. The van der Waals surface area contributed by atoms with Crippen LogP contribution in [0.3, 0.4) is 0 Å². The Morgan fingerprint density at radius 3 is 2.91 bits per heavy atom. The summed E-state index contributed by atoms with van der Waals surface area (Å²) in [6.07, 6.45) is 1.42. The molecule has 0 bridgehead atoms. The number of nitrogens with one attached hydrogen (secondary N) is 1. The number of carbonyl (C=O) groups excluding carboxylic acids is 2. The molecule has 1 saturated heterocycles. The van der Waals surface area contributed by atoms with Crippen molar-refractivity contribution in [3.05, 3.63) is 0 Å². The van der Waals surface area contributed by atoms with Gasteiger partial charge in [0.2, 0.25) is 0 Å². The molecule has 62 valence electrons. The van der Waals surface area contributed by atoms with Crippen molar-refractivity contribution in [1.29, 1.82) is 0 Å². The molecule has 1 fully saturated rings. The summed E-state index contributed by atoms with van der Waals surface area (Å²) < 4.78 is 0. The van der Waals surface area contributed by atoms with Crippen LogP contribution in [-0.2, 0) is 4.79 Å². The van der Waals surface area contributed by atoms with Crippen LogP contribution in [-0.4, -0.2) is 36.9 Å². The molecular formula is C7H12N2O2. The van der Waals surface area contributed by atoms with E-state index >= 15 is 0 Å². The Balaban J connectivity index is 2.45. The molecule has 2 amide bonds. The molecule has 0 aromatic rings. The van der Waals surface area contributed by atoms with Crippen LogP contribution in [0.5, 0.6) is 0 Å². The molecule has 1 aliphatic rings. The summed E-state index contributed by atoms with van der Waals surface area (Å²) in [5.74, 6) is 0.153. The van der Waals surface area contributed by atoms with E-state index in [1.807, 2.05) is 0 Å². The number of rotatable bonds is 0. The fourth-order valence-corrected chi connectivity index (χ4v) is 1.17. The largest absolute Gasteiger partial charge is 0.341 e. The second kappa shape index (κ2) is 3.37. The van der Waals surface area contributed by atoms with Gasteiger partial charge in [0.05, 0.1) is 6.54 Å². The summed E-state index contributed by atoms with van der Waals surface area (Å²) >= 11 is 0. The van der Waals surface area contributed by atoms with Crippen LogP contribution >= 0.6 is 0 Å². The minimum atomic E-state index is -0.155. The second-order valence-electron chi connectivity index (χ2n) is 2.62. The van der Waals surface area contributed by atoms with Crippen molar-refractivity contribution in [3.63, 3.8) is 0 Å². The minimum absolute atomic E-state index is 0.153. The first-order chi connectivity index (χ1) is 5.24. The van der Waals surface area contributed by atoms with E-state index in [0.717, 1.165) is 6.42 Å². The highest BCUT2D eigenvalue weighted by Crippen LogP contribution is 2.04. The number of amides is 2. The first-order valence-corrected chi connectivity index (χ1v) is 3.72. The monoisotopic (exact) mass is 156 g/mol. The topological polar surface area (TPSA) is 49.4 Å². The second-order valence-corrected chi connectivity index (χ2v) is 2.62. The number of piperidine rings is 1. The number of likely N-dealkylation sites (tertiary alicyclic amines) is 1. The molecule has 0 aromatic heterocycles. The molecule has 4 heteroatoms. The van der Waals surface area contributed by atoms with Crippen LogP contribution in [0.25, 0.3) is 0 Å². The number of Topliss-reactive ketones (excluding diaryl/α,β-unsaturated/α-hetero) is 1. The first-order valence-electron chi connectivity index (χ1n) is 3.72. The zero-order valence-electron chi connectivity index (χ0n) is 6.59. The average Bonchev–Trinajstić information content (AvgIpc) is 2.03. The zero-order valence-corrected chi connectivity index (χ0v) is 6.59. The lowest BCUT2D eigenvalue weighted by atomic mass is 10.1. The summed E-state index contributed by atoms with van der Waals surface area (Å²) in [6, 6.07) is -0.155. The first kappa shape index (κ1) is 8.04. The maximum atomic E-state index is 11.0. The molecule has 1 N–H and O–H groups in total. The summed E-state index contributed by atoms with van der Waals surface area (Å²) in [7, 11) is 1.57. The molecule has 0 aliphatic carbocycles. The Morgan fingerprint density at radius 1 is 1.64 bits per heavy atom. The molecule has 0 aromatic carbocycles. The maximum Gasteiger partial charge on any atom is 0.317 e. The Kier molecular flexibility index (Phi) is 2.46. The molecule has 1 rings (SSSR count). The van der Waals surface area contributed by atoms with Crippen molar-refractivity contribution in [2.45, 2.75) is 12.8 Å². The SMILES string of the molecule is CNC(=O)N1CCCC(=O)C1. The Bertz CT molecular complexity index is 179. The molecule has 4 nitrogen and oxygen atoms in total. The van der Waals surface area contributed by atoms with Gasteiger partial charge in [-0.2, -0.15) is 0 Å². The van der Waals surface area contributed by atoms with Gasteiger partial charge in [-0.15, -0.1) is 0 Å². The highest BCUT2D eigenvalue weighted by atomic mass is 16.2. The fraction of sp³-hybridized carbons (Fsp3) is 0.714. The third-order valence-corrected chi connectivity index (χ3v) is 1.75. The van der Waals surface area contributed by atoms with Crippen LogP contribution in [0.15, 0.2) is 0 Å². The highest BCUT2D eigenvalue weighted by Gasteiger charge is 2.19. The van der Waals surface area contributed by atoms with Crippen molar-refractivity contribution in [2.75, 3.05) is 20.1 Å². The molecule has 0 spiro atoms. The number of ketones is 1. The van der Waals surface area contributed by atoms with Gasteiger partial charge in [-0.05, 0) is 6.42 Å². The molecule has 11 heavy (non-hydrogen) atoms. The van der Waals surface area contributed by atoms with Gasteiger partial charge in [0, 0.05) is 20.0 Å². The van der Waals surface area contributed by atoms with Gasteiger partial charge >= 0.3 is 6.03 Å². The number of carbonyl (C=O) groups is 2. The summed E-state index contributed by atoms with van der Waals surface area (Å²) in [5.41, 5.74) is 0. The number of nitrogens with zero attached hydrogens (tertiary/aromatic N) is 1. The third kappa shape index (κ3) is 1.93. The minimum Gasteiger partial charge on any atom is -0.341 e. The highest BCUT2D eigenvalue weighted by molar-refractivity contribution is 5.86. The van der Waals surface area contributed by atoms with Crippen LogP contribution in [0, 0.1) is 0 Å². The van der Waals surface area contributed by atoms with Gasteiger partial charge in [0.25, 0.3) is 0 Å². The smallest absolute Gasteiger partial charge is 0.317 e. The zero-order chi connectivity index (χ0) is 8.27. The Labute approximate surface area is 65.6 Å². The average molecular weight is 156 g/mol. The summed E-state index contributed by atoms with van der Waals surface area (Å²) in [5, 5.41) is 2.49. The van der Waals surface area contributed by atoms with E-state index < -0.39 is 0 Å².